The second-order valence-electron chi connectivity index (χ2n) is 12.5. The number of primary amides is 1. The molecule has 1 aliphatic rings. The number of carbonyl (C=O) groups is 10. The predicted octanol–water partition coefficient (Wildman–Crippen LogP) is -7.62. The summed E-state index contributed by atoms with van der Waals surface area (Å²) in [7, 11) is 0. The maximum Gasteiger partial charge on any atom is 0.245 e. The number of rotatable bonds is 24. The second kappa shape index (κ2) is 24.8. The minimum Gasteiger partial charge on any atom is -0.394 e. The van der Waals surface area contributed by atoms with Crippen molar-refractivity contribution in [2.75, 3.05) is 52.4 Å². The van der Waals surface area contributed by atoms with Crippen molar-refractivity contribution in [2.45, 2.75) is 82.6 Å². The quantitative estimate of drug-likeness (QED) is 0.0435. The van der Waals surface area contributed by atoms with E-state index >= 15 is 0 Å². The number of nitrogens with two attached hydrogens (primary N) is 3. The van der Waals surface area contributed by atoms with Gasteiger partial charge < -0.3 is 69.7 Å². The summed E-state index contributed by atoms with van der Waals surface area (Å²) >= 11 is 0. The first-order valence-electron chi connectivity index (χ1n) is 17.4. The number of aliphatic hydroxyl groups is 1. The molecule has 15 N–H and O–H groups in total. The third-order valence-electron chi connectivity index (χ3n) is 7.70. The fraction of sp³-hybridized carbons (Fsp3) is 0.677. The SMILES string of the molecule is CC(C)NC(=O)C1CCCN1C(=O)C(CCCN)NC(=O)C(CCC(N)=O)NC(=O)C(CO)NC(=O)CNC(=O)CNC(=O)CNC(=O)CNC(=O)CN. The predicted molar refractivity (Wildman–Crippen MR) is 189 cm³/mol. The Bertz CT molecular complexity index is 1360. The Hall–Kier alpha value is -5.42. The molecule has 54 heavy (non-hydrogen) atoms. The van der Waals surface area contributed by atoms with Crippen molar-refractivity contribution in [3.05, 3.63) is 0 Å². The number of likely N-dealkylation sites (tertiary alicyclic amines) is 1. The second-order valence-corrected chi connectivity index (χ2v) is 12.5. The van der Waals surface area contributed by atoms with Gasteiger partial charge in [-0.15, -0.1) is 0 Å². The molecule has 0 aliphatic carbocycles. The molecule has 4 atom stereocenters. The van der Waals surface area contributed by atoms with Crippen molar-refractivity contribution in [2.24, 2.45) is 17.2 Å². The fourth-order valence-electron chi connectivity index (χ4n) is 4.98. The highest BCUT2D eigenvalue weighted by Gasteiger charge is 2.38. The van der Waals surface area contributed by atoms with Gasteiger partial charge in [-0.2, -0.15) is 0 Å². The molecule has 23 nitrogen and oxygen atoms in total. The van der Waals surface area contributed by atoms with E-state index in [0.717, 1.165) is 0 Å². The number of carbonyl (C=O) groups excluding carboxylic acids is 10. The summed E-state index contributed by atoms with van der Waals surface area (Å²) < 4.78 is 0. The molecule has 1 fully saturated rings. The van der Waals surface area contributed by atoms with Crippen molar-refractivity contribution in [1.82, 2.24) is 47.4 Å². The summed E-state index contributed by atoms with van der Waals surface area (Å²) in [4.78, 5) is 125. The highest BCUT2D eigenvalue weighted by atomic mass is 16.3. The van der Waals surface area contributed by atoms with E-state index in [-0.39, 0.29) is 50.8 Å². The van der Waals surface area contributed by atoms with Crippen molar-refractivity contribution in [3.63, 3.8) is 0 Å². The first-order valence-corrected chi connectivity index (χ1v) is 17.4. The van der Waals surface area contributed by atoms with Crippen LogP contribution in [0, 0.1) is 0 Å². The topological polar surface area (TPSA) is 368 Å². The average Bonchev–Trinajstić information content (AvgIpc) is 3.63. The van der Waals surface area contributed by atoms with Gasteiger partial charge in [0.05, 0.1) is 39.3 Å². The lowest BCUT2D eigenvalue weighted by atomic mass is 10.1. The zero-order chi connectivity index (χ0) is 40.8. The summed E-state index contributed by atoms with van der Waals surface area (Å²) in [5.41, 5.74) is 16.0. The Kier molecular flexibility index (Phi) is 21.4. The van der Waals surface area contributed by atoms with Crippen LogP contribution in [0.5, 0.6) is 0 Å². The zero-order valence-electron chi connectivity index (χ0n) is 30.5. The van der Waals surface area contributed by atoms with Crippen LogP contribution in [0.1, 0.15) is 52.4 Å². The van der Waals surface area contributed by atoms with Crippen LogP contribution < -0.4 is 59.7 Å². The molecule has 0 aromatic rings. The van der Waals surface area contributed by atoms with Gasteiger partial charge in [-0.1, -0.05) is 0 Å². The van der Waals surface area contributed by atoms with E-state index in [1.165, 1.54) is 4.90 Å². The molecule has 1 rings (SSSR count). The van der Waals surface area contributed by atoms with Gasteiger partial charge in [-0.3, -0.25) is 47.9 Å². The minimum absolute atomic E-state index is 0.102. The first-order chi connectivity index (χ1) is 25.5. The van der Waals surface area contributed by atoms with E-state index in [1.807, 2.05) is 0 Å². The van der Waals surface area contributed by atoms with E-state index in [9.17, 15) is 53.1 Å². The van der Waals surface area contributed by atoms with Crippen molar-refractivity contribution >= 4 is 59.1 Å². The molecular formula is C31H54N12O11. The summed E-state index contributed by atoms with van der Waals surface area (Å²) in [6.07, 6.45) is 0.743. The minimum atomic E-state index is -1.63. The highest BCUT2D eigenvalue weighted by molar-refractivity contribution is 5.97. The van der Waals surface area contributed by atoms with Gasteiger partial charge >= 0.3 is 0 Å². The molecule has 1 aliphatic heterocycles. The van der Waals surface area contributed by atoms with Gasteiger partial charge in [0.2, 0.25) is 59.1 Å². The third kappa shape index (κ3) is 17.9. The van der Waals surface area contributed by atoms with Crippen molar-refractivity contribution < 1.29 is 53.1 Å². The smallest absolute Gasteiger partial charge is 0.245 e. The summed E-state index contributed by atoms with van der Waals surface area (Å²) in [5.74, 6) is -7.37. The van der Waals surface area contributed by atoms with E-state index in [2.05, 4.69) is 42.5 Å². The fourth-order valence-corrected chi connectivity index (χ4v) is 4.98. The molecule has 1 heterocycles. The lowest BCUT2D eigenvalue weighted by Gasteiger charge is -2.30. The maximum atomic E-state index is 13.6. The van der Waals surface area contributed by atoms with Crippen LogP contribution in [0.25, 0.3) is 0 Å². The van der Waals surface area contributed by atoms with E-state index in [1.54, 1.807) is 13.8 Å². The van der Waals surface area contributed by atoms with Crippen molar-refractivity contribution in [1.29, 1.82) is 0 Å². The summed E-state index contributed by atoms with van der Waals surface area (Å²) in [6.45, 7) is 0.541. The van der Waals surface area contributed by atoms with Crippen LogP contribution in [0.2, 0.25) is 0 Å². The Morgan fingerprint density at radius 3 is 1.70 bits per heavy atom. The Morgan fingerprint density at radius 2 is 1.20 bits per heavy atom. The van der Waals surface area contributed by atoms with Gasteiger partial charge in [0.15, 0.2) is 0 Å². The Labute approximate surface area is 311 Å². The van der Waals surface area contributed by atoms with Gasteiger partial charge in [0.25, 0.3) is 0 Å². The average molecular weight is 771 g/mol. The zero-order valence-corrected chi connectivity index (χ0v) is 30.5. The third-order valence-corrected chi connectivity index (χ3v) is 7.70. The Morgan fingerprint density at radius 1 is 0.685 bits per heavy atom. The highest BCUT2D eigenvalue weighted by Crippen LogP contribution is 2.20. The number of nitrogens with one attached hydrogen (secondary N) is 8. The number of hydrogen-bond acceptors (Lipinski definition) is 13. The van der Waals surface area contributed by atoms with E-state index in [4.69, 9.17) is 17.2 Å². The molecule has 1 saturated heterocycles. The first kappa shape index (κ1) is 46.6. The van der Waals surface area contributed by atoms with Gasteiger partial charge in [-0.25, -0.2) is 0 Å². The largest absolute Gasteiger partial charge is 0.394 e. The van der Waals surface area contributed by atoms with Crippen LogP contribution >= 0.6 is 0 Å². The molecular weight excluding hydrogens is 716 g/mol. The van der Waals surface area contributed by atoms with Crippen LogP contribution in [0.3, 0.4) is 0 Å². The van der Waals surface area contributed by atoms with Crippen molar-refractivity contribution in [3.8, 4) is 0 Å². The molecule has 0 aromatic carbocycles. The molecule has 10 amide bonds. The monoisotopic (exact) mass is 770 g/mol. The summed E-state index contributed by atoms with van der Waals surface area (Å²) in [6, 6.07) is -5.14. The standard InChI is InChI=1S/C31H54N12O11/c1-17(2)39-30(53)21-6-4-10-43(21)31(54)19(5-3-9-32)42-28(51)18(7-8-22(34)45)41-29(52)20(16-44)40-27(50)15-38-26(49)14-37-25(48)13-36-24(47)12-35-23(46)11-33/h17-21,44H,3-16,32-33H2,1-2H3,(H2,34,45)(H,35,46)(H,36,47)(H,37,48)(H,38,49)(H,39,53)(H,40,50)(H,41,52)(H,42,51). The molecule has 0 bridgehead atoms. The Balaban J connectivity index is 2.81. The lowest BCUT2D eigenvalue weighted by molar-refractivity contribution is -0.142. The van der Waals surface area contributed by atoms with Crippen LogP contribution in [-0.4, -0.2) is 152 Å². The number of nitrogens with zero attached hydrogens (tertiary/aromatic N) is 1. The van der Waals surface area contributed by atoms with Crippen LogP contribution in [0.15, 0.2) is 0 Å². The number of aliphatic hydroxyl groups excluding tert-OH is 1. The number of hydrogen-bond donors (Lipinski definition) is 12. The van der Waals surface area contributed by atoms with E-state index < -0.39 is 110 Å². The van der Waals surface area contributed by atoms with Crippen LogP contribution in [-0.2, 0) is 47.9 Å². The lowest BCUT2D eigenvalue weighted by Crippen LogP contribution is -2.59. The molecule has 0 spiro atoms. The number of amides is 10. The normalized spacial score (nSPS) is 15.1. The van der Waals surface area contributed by atoms with Crippen LogP contribution in [0.4, 0.5) is 0 Å². The molecule has 0 radical (unpaired) electrons. The molecule has 4 unspecified atom stereocenters. The van der Waals surface area contributed by atoms with E-state index in [0.29, 0.717) is 19.3 Å². The molecule has 304 valence electrons. The van der Waals surface area contributed by atoms with Gasteiger partial charge in [-0.05, 0) is 52.5 Å². The van der Waals surface area contributed by atoms with Gasteiger partial charge in [0, 0.05) is 19.0 Å². The molecule has 0 saturated carbocycles. The maximum absolute atomic E-state index is 13.6. The summed E-state index contributed by atoms with van der Waals surface area (Å²) in [5, 5.41) is 28.5. The molecule has 23 heteroatoms. The molecule has 0 aromatic heterocycles. The van der Waals surface area contributed by atoms with Gasteiger partial charge in [0.1, 0.15) is 24.2 Å².